The van der Waals surface area contributed by atoms with E-state index in [0.29, 0.717) is 46.7 Å². The highest BCUT2D eigenvalue weighted by atomic mass is 19.1. The molecule has 2 N–H and O–H groups in total. The highest BCUT2D eigenvalue weighted by Crippen LogP contribution is 2.62. The molecule has 3 aromatic carbocycles. The summed E-state index contributed by atoms with van der Waals surface area (Å²) in [5.74, 6) is -1.56. The summed E-state index contributed by atoms with van der Waals surface area (Å²) >= 11 is 0. The summed E-state index contributed by atoms with van der Waals surface area (Å²) in [4.78, 5) is 22.3. The molecule has 0 spiro atoms. The van der Waals surface area contributed by atoms with Crippen LogP contribution >= 0.6 is 0 Å². The molecule has 0 bridgehead atoms. The molecule has 0 aromatic heterocycles. The summed E-state index contributed by atoms with van der Waals surface area (Å²) in [5, 5.41) is 34.0. The highest BCUT2D eigenvalue weighted by Gasteiger charge is 2.65. The van der Waals surface area contributed by atoms with Crippen molar-refractivity contribution in [2.45, 2.75) is 95.7 Å². The Labute approximate surface area is 341 Å². The van der Waals surface area contributed by atoms with Gasteiger partial charge in [0.25, 0.3) is 5.91 Å². The number of nitriles is 1. The standard InChI is InChI=1S/C47H56FN3O7/c1-6-25-56-47-42(51(5)45(54)32-19-17-31(29-49)18-20-32)28-40(50-58-46(2,3)4)37-26-33(13-9-11-23-52)36(15-10-12-24-53)43(44(37)47)38-27-35(21-22-41(38)57-47)55-30-34-14-7-8-16-39(34)48/h6-8,14,16-22,26-27,33,36,42-44,52-53H,1,9-13,15,23-25,28,30H2,2-5H3/t33-,36+,42-,43+,44+,47+/m0/s1. The fourth-order valence-electron chi connectivity index (χ4n) is 8.82. The quantitative estimate of drug-likeness (QED) is 0.0790. The van der Waals surface area contributed by atoms with Crippen molar-refractivity contribution in [1.82, 2.24) is 4.90 Å². The van der Waals surface area contributed by atoms with Gasteiger partial charge in [0.2, 0.25) is 5.79 Å². The van der Waals surface area contributed by atoms with E-state index in [0.717, 1.165) is 36.8 Å². The number of rotatable bonds is 17. The number of likely N-dealkylation sites (N-methyl/N-ethyl adjacent to an activating group) is 1. The Morgan fingerprint density at radius 3 is 2.47 bits per heavy atom. The molecule has 0 radical (unpaired) electrons. The maximum absolute atomic E-state index is 14.7. The zero-order valence-corrected chi connectivity index (χ0v) is 34.0. The predicted molar refractivity (Wildman–Crippen MR) is 220 cm³/mol. The van der Waals surface area contributed by atoms with Crippen molar-refractivity contribution >= 4 is 11.6 Å². The SMILES string of the molecule is C=CCO[C@@]12Oc3ccc(OCc4ccccc4F)cc3[C@H]3[C@H](CCCCO)[C@@H](CCCCO)C=C(C(=NOC(C)(C)C)C[C@@H]1N(C)C(=O)c1ccc(C#N)cc1)[C@H]32. The Hall–Kier alpha value is -5.02. The molecule has 0 unspecified atom stereocenters. The number of oxime groups is 1. The van der Waals surface area contributed by atoms with Crippen LogP contribution < -0.4 is 9.47 Å². The zero-order valence-electron chi connectivity index (χ0n) is 34.0. The average molecular weight is 794 g/mol. The number of aliphatic hydroxyl groups is 2. The van der Waals surface area contributed by atoms with Gasteiger partial charge >= 0.3 is 0 Å². The second-order valence-electron chi connectivity index (χ2n) is 16.5. The Bertz CT molecular complexity index is 2020. The average Bonchev–Trinajstić information content (AvgIpc) is 3.22. The predicted octanol–water partition coefficient (Wildman–Crippen LogP) is 8.48. The number of allylic oxidation sites excluding steroid dienone is 1. The highest BCUT2D eigenvalue weighted by molar-refractivity contribution is 6.03. The van der Waals surface area contributed by atoms with Gasteiger partial charge in [0.05, 0.1) is 29.9 Å². The Balaban J connectivity index is 1.56. The normalized spacial score (nSPS) is 24.1. The Morgan fingerprint density at radius 1 is 1.07 bits per heavy atom. The van der Waals surface area contributed by atoms with Crippen molar-refractivity contribution in [3.8, 4) is 17.6 Å². The lowest BCUT2D eigenvalue weighted by Gasteiger charge is -2.59. The van der Waals surface area contributed by atoms with Crippen LogP contribution in [-0.4, -0.2) is 71.0 Å². The van der Waals surface area contributed by atoms with Crippen molar-refractivity contribution in [2.24, 2.45) is 22.9 Å². The molecule has 58 heavy (non-hydrogen) atoms. The number of amides is 1. The van der Waals surface area contributed by atoms with Gasteiger partial charge in [-0.1, -0.05) is 48.3 Å². The molecule has 1 aliphatic heterocycles. The minimum absolute atomic E-state index is 0.0261. The molecule has 2 aliphatic carbocycles. The molecule has 11 heteroatoms. The molecule has 3 aliphatic rings. The second kappa shape index (κ2) is 18.7. The number of fused-ring (bicyclic) bond motifs is 2. The molecule has 10 nitrogen and oxygen atoms in total. The first-order chi connectivity index (χ1) is 27.9. The Morgan fingerprint density at radius 2 is 1.79 bits per heavy atom. The molecule has 1 heterocycles. The minimum atomic E-state index is -1.42. The first-order valence-corrected chi connectivity index (χ1v) is 20.3. The van der Waals surface area contributed by atoms with Crippen LogP contribution in [0.25, 0.3) is 0 Å². The lowest BCUT2D eigenvalue weighted by Crippen LogP contribution is -2.69. The summed E-state index contributed by atoms with van der Waals surface area (Å²) in [6, 6.07) is 20.2. The van der Waals surface area contributed by atoms with Crippen LogP contribution in [0, 0.1) is 34.9 Å². The Kier molecular flexibility index (Phi) is 13.7. The number of carbonyl (C=O) groups excluding carboxylic acids is 1. The number of hydrogen-bond acceptors (Lipinski definition) is 9. The van der Waals surface area contributed by atoms with Gasteiger partial charge < -0.3 is 34.2 Å². The maximum atomic E-state index is 14.7. The number of unbranched alkanes of at least 4 members (excludes halogenated alkanes) is 2. The van der Waals surface area contributed by atoms with Crippen molar-refractivity contribution in [1.29, 1.82) is 5.26 Å². The fourth-order valence-corrected chi connectivity index (χ4v) is 8.82. The van der Waals surface area contributed by atoms with Crippen molar-refractivity contribution < 1.29 is 38.4 Å². The smallest absolute Gasteiger partial charge is 0.254 e. The fraction of sp³-hybridized carbons (Fsp3) is 0.468. The van der Waals surface area contributed by atoms with Crippen LogP contribution in [0.4, 0.5) is 4.39 Å². The first-order valence-electron chi connectivity index (χ1n) is 20.3. The molecule has 6 atom stereocenters. The molecule has 6 rings (SSSR count). The molecule has 3 aromatic rings. The van der Waals surface area contributed by atoms with Gasteiger partial charge in [-0.05, 0) is 112 Å². The van der Waals surface area contributed by atoms with Crippen LogP contribution in [-0.2, 0) is 16.2 Å². The van der Waals surface area contributed by atoms with Crippen LogP contribution in [0.2, 0.25) is 0 Å². The molecule has 308 valence electrons. The van der Waals surface area contributed by atoms with Gasteiger partial charge in [-0.25, -0.2) is 4.39 Å². The van der Waals surface area contributed by atoms with E-state index in [4.69, 9.17) is 24.2 Å². The van der Waals surface area contributed by atoms with Gasteiger partial charge in [0.15, 0.2) is 0 Å². The van der Waals surface area contributed by atoms with E-state index in [1.165, 1.54) is 6.07 Å². The first kappa shape index (κ1) is 42.6. The lowest BCUT2D eigenvalue weighted by molar-refractivity contribution is -0.252. The van der Waals surface area contributed by atoms with Crippen molar-refractivity contribution in [2.75, 3.05) is 26.9 Å². The summed E-state index contributed by atoms with van der Waals surface area (Å²) in [5.41, 5.74) is 3.19. The van der Waals surface area contributed by atoms with E-state index >= 15 is 0 Å². The minimum Gasteiger partial charge on any atom is -0.489 e. The van der Waals surface area contributed by atoms with E-state index in [1.54, 1.807) is 60.5 Å². The van der Waals surface area contributed by atoms with Crippen LogP contribution in [0.3, 0.4) is 0 Å². The number of aliphatic hydroxyl groups excluding tert-OH is 2. The van der Waals surface area contributed by atoms with Gasteiger partial charge in [-0.15, -0.1) is 6.58 Å². The second-order valence-corrected chi connectivity index (χ2v) is 16.5. The molecule has 0 saturated heterocycles. The van der Waals surface area contributed by atoms with Crippen LogP contribution in [0.1, 0.15) is 98.7 Å². The van der Waals surface area contributed by atoms with Crippen molar-refractivity contribution in [3.63, 3.8) is 0 Å². The van der Waals surface area contributed by atoms with E-state index in [1.807, 2.05) is 39.0 Å². The largest absolute Gasteiger partial charge is 0.489 e. The third-order valence-electron chi connectivity index (χ3n) is 11.5. The van der Waals surface area contributed by atoms with Crippen LogP contribution in [0.15, 0.2) is 96.2 Å². The van der Waals surface area contributed by atoms with Gasteiger partial charge in [0.1, 0.15) is 35.6 Å². The third kappa shape index (κ3) is 9.15. The zero-order chi connectivity index (χ0) is 41.5. The summed E-state index contributed by atoms with van der Waals surface area (Å²) in [6.45, 7) is 10.1. The number of hydrogen-bond donors (Lipinski definition) is 2. The van der Waals surface area contributed by atoms with E-state index in [2.05, 4.69) is 18.7 Å². The number of ether oxygens (including phenoxy) is 3. The molecule has 1 amide bonds. The topological polar surface area (TPSA) is 134 Å². The van der Waals surface area contributed by atoms with E-state index in [9.17, 15) is 24.7 Å². The van der Waals surface area contributed by atoms with Crippen molar-refractivity contribution in [3.05, 3.63) is 119 Å². The molecular formula is C47H56FN3O7. The molecule has 1 fully saturated rings. The molecular weight excluding hydrogens is 738 g/mol. The van der Waals surface area contributed by atoms with Gasteiger partial charge in [-0.3, -0.25) is 4.79 Å². The number of nitrogens with zero attached hydrogens (tertiary/aromatic N) is 3. The summed E-state index contributed by atoms with van der Waals surface area (Å²) in [6.07, 6.45) is 8.70. The number of carbonyl (C=O) groups is 1. The number of benzene rings is 3. The maximum Gasteiger partial charge on any atom is 0.254 e. The molecule has 1 saturated carbocycles. The van der Waals surface area contributed by atoms with E-state index < -0.39 is 23.3 Å². The lowest BCUT2D eigenvalue weighted by atomic mass is 9.55. The van der Waals surface area contributed by atoms with Crippen LogP contribution in [0.5, 0.6) is 11.5 Å². The third-order valence-corrected chi connectivity index (χ3v) is 11.5. The number of halogens is 1. The summed E-state index contributed by atoms with van der Waals surface area (Å²) in [7, 11) is 1.74. The summed E-state index contributed by atoms with van der Waals surface area (Å²) < 4.78 is 35.1. The monoisotopic (exact) mass is 793 g/mol. The van der Waals surface area contributed by atoms with Gasteiger partial charge in [0, 0.05) is 49.3 Å². The van der Waals surface area contributed by atoms with Gasteiger partial charge in [-0.2, -0.15) is 5.26 Å². The van der Waals surface area contributed by atoms with E-state index in [-0.39, 0.29) is 62.3 Å².